The Morgan fingerprint density at radius 3 is 2.71 bits per heavy atom. The third kappa shape index (κ3) is 3.96. The van der Waals surface area contributed by atoms with Gasteiger partial charge in [-0.25, -0.2) is 13.4 Å². The summed E-state index contributed by atoms with van der Waals surface area (Å²) in [5, 5.41) is 0. The fourth-order valence-electron chi connectivity index (χ4n) is 1.63. The van der Waals surface area contributed by atoms with Crippen molar-refractivity contribution in [2.24, 2.45) is 0 Å². The van der Waals surface area contributed by atoms with E-state index in [-0.39, 0.29) is 4.90 Å². The average molecular weight is 436 g/mol. The smallest absolute Gasteiger partial charge is 0.265 e. The summed E-state index contributed by atoms with van der Waals surface area (Å²) in [5.74, 6) is 0.299. The molecule has 0 aliphatic rings. The number of aromatic nitrogens is 1. The lowest BCUT2D eigenvalue weighted by molar-refractivity contribution is 0.331. The van der Waals surface area contributed by atoms with Crippen LogP contribution in [0, 0.1) is 0 Å². The van der Waals surface area contributed by atoms with Gasteiger partial charge in [-0.05, 0) is 53.2 Å². The molecule has 8 heteroatoms. The lowest BCUT2D eigenvalue weighted by Gasteiger charge is -2.13. The number of halogens is 2. The molecule has 0 radical (unpaired) electrons. The van der Waals surface area contributed by atoms with Gasteiger partial charge >= 0.3 is 0 Å². The zero-order valence-corrected chi connectivity index (χ0v) is 15.0. The first kappa shape index (κ1) is 16.3. The topological polar surface area (TPSA) is 68.3 Å². The normalized spacial score (nSPS) is 11.2. The van der Waals surface area contributed by atoms with E-state index in [1.807, 2.05) is 0 Å². The Balaban J connectivity index is 2.44. The van der Waals surface area contributed by atoms with Gasteiger partial charge in [-0.2, -0.15) is 0 Å². The minimum absolute atomic E-state index is 0.0643. The molecule has 2 aromatic rings. The van der Waals surface area contributed by atoms with Crippen molar-refractivity contribution in [1.29, 1.82) is 0 Å². The molecule has 0 amide bonds. The van der Waals surface area contributed by atoms with E-state index in [0.29, 0.717) is 27.1 Å². The number of pyridine rings is 1. The minimum Gasteiger partial charge on any atom is -0.492 e. The number of hydrogen-bond donors (Lipinski definition) is 1. The molecule has 1 aromatic carbocycles. The molecule has 1 N–H and O–H groups in total. The summed E-state index contributed by atoms with van der Waals surface area (Å²) in [6, 6.07) is 8.10. The van der Waals surface area contributed by atoms with Crippen molar-refractivity contribution >= 4 is 47.6 Å². The molecule has 0 atom stereocenters. The van der Waals surface area contributed by atoms with Crippen molar-refractivity contribution < 1.29 is 13.2 Å². The quantitative estimate of drug-likeness (QED) is 0.725. The number of anilines is 1. The Bertz CT molecular complexity index is 751. The number of ether oxygens (including phenoxy) is 1. The number of nitrogens with one attached hydrogen (secondary N) is 1. The van der Waals surface area contributed by atoms with E-state index in [4.69, 9.17) is 4.74 Å². The third-order valence-electron chi connectivity index (χ3n) is 2.50. The van der Waals surface area contributed by atoms with Crippen molar-refractivity contribution in [1.82, 2.24) is 4.98 Å². The maximum absolute atomic E-state index is 12.5. The lowest BCUT2D eigenvalue weighted by atomic mass is 10.3. The van der Waals surface area contributed by atoms with Crippen LogP contribution >= 0.6 is 31.9 Å². The van der Waals surface area contributed by atoms with Crippen molar-refractivity contribution in [2.75, 3.05) is 11.3 Å². The SMILES string of the molecule is CCOc1ccc(Br)cc1S(=O)(=O)Nc1cccnc1Br. The predicted octanol–water partition coefficient (Wildman–Crippen LogP) is 3.81. The summed E-state index contributed by atoms with van der Waals surface area (Å²) in [5.41, 5.74) is 0.361. The first-order valence-corrected chi connectivity index (χ1v) is 9.06. The maximum atomic E-state index is 12.5. The number of rotatable bonds is 5. The Hall–Kier alpha value is -1.12. The highest BCUT2D eigenvalue weighted by Gasteiger charge is 2.21. The van der Waals surface area contributed by atoms with Gasteiger partial charge in [-0.15, -0.1) is 0 Å². The van der Waals surface area contributed by atoms with E-state index in [0.717, 1.165) is 0 Å². The summed E-state index contributed by atoms with van der Waals surface area (Å²) in [6.07, 6.45) is 1.56. The van der Waals surface area contributed by atoms with Crippen LogP contribution in [-0.2, 0) is 10.0 Å². The molecule has 2 rings (SSSR count). The minimum atomic E-state index is -3.79. The Labute approximate surface area is 140 Å². The first-order chi connectivity index (χ1) is 9.94. The second-order valence-corrected chi connectivity index (χ2v) is 7.29. The first-order valence-electron chi connectivity index (χ1n) is 5.99. The van der Waals surface area contributed by atoms with Gasteiger partial charge < -0.3 is 4.74 Å². The molecule has 0 spiro atoms. The monoisotopic (exact) mass is 434 g/mol. The van der Waals surface area contributed by atoms with E-state index < -0.39 is 10.0 Å². The second-order valence-electron chi connectivity index (χ2n) is 3.97. The Morgan fingerprint density at radius 2 is 2.05 bits per heavy atom. The van der Waals surface area contributed by atoms with Crippen molar-refractivity contribution in [2.45, 2.75) is 11.8 Å². The molecule has 21 heavy (non-hydrogen) atoms. The summed E-state index contributed by atoms with van der Waals surface area (Å²) >= 11 is 6.48. The molecular formula is C13H12Br2N2O3S. The van der Waals surface area contributed by atoms with Crippen molar-refractivity contribution in [3.63, 3.8) is 0 Å². The van der Waals surface area contributed by atoms with Crippen LogP contribution in [0.5, 0.6) is 5.75 Å². The van der Waals surface area contributed by atoms with Gasteiger partial charge in [-0.1, -0.05) is 15.9 Å². The fraction of sp³-hybridized carbons (Fsp3) is 0.154. The molecule has 112 valence electrons. The molecule has 0 saturated heterocycles. The van der Waals surface area contributed by atoms with Crippen LogP contribution in [0.1, 0.15) is 6.92 Å². The highest BCUT2D eigenvalue weighted by atomic mass is 79.9. The predicted molar refractivity (Wildman–Crippen MR) is 88.1 cm³/mol. The molecule has 0 fully saturated rings. The van der Waals surface area contributed by atoms with Gasteiger partial charge in [-0.3, -0.25) is 4.72 Å². The van der Waals surface area contributed by atoms with Crippen LogP contribution < -0.4 is 9.46 Å². The molecule has 0 aliphatic heterocycles. The summed E-state index contributed by atoms with van der Waals surface area (Å²) in [6.45, 7) is 2.17. The zero-order chi connectivity index (χ0) is 15.5. The van der Waals surface area contributed by atoms with Gasteiger partial charge in [0.1, 0.15) is 15.2 Å². The summed E-state index contributed by atoms with van der Waals surface area (Å²) in [4.78, 5) is 4.05. The van der Waals surface area contributed by atoms with Crippen LogP contribution in [0.15, 0.2) is 50.5 Å². The van der Waals surface area contributed by atoms with E-state index in [2.05, 4.69) is 41.6 Å². The van der Waals surface area contributed by atoms with E-state index >= 15 is 0 Å². The van der Waals surface area contributed by atoms with E-state index in [9.17, 15) is 8.42 Å². The summed E-state index contributed by atoms with van der Waals surface area (Å²) in [7, 11) is -3.79. The van der Waals surface area contributed by atoms with Gasteiger partial charge in [0.2, 0.25) is 0 Å². The summed E-state index contributed by atoms with van der Waals surface area (Å²) < 4.78 is 34.0. The number of nitrogens with zero attached hydrogens (tertiary/aromatic N) is 1. The van der Waals surface area contributed by atoms with Crippen molar-refractivity contribution in [3.05, 3.63) is 45.6 Å². The second kappa shape index (κ2) is 6.76. The number of hydrogen-bond acceptors (Lipinski definition) is 4. The molecule has 0 unspecified atom stereocenters. The molecular weight excluding hydrogens is 424 g/mol. The molecule has 5 nitrogen and oxygen atoms in total. The molecule has 1 aromatic heterocycles. The van der Waals surface area contributed by atoms with Crippen LogP contribution in [0.4, 0.5) is 5.69 Å². The van der Waals surface area contributed by atoms with Gasteiger partial charge in [0, 0.05) is 10.7 Å². The Kier molecular flexibility index (Phi) is 5.23. The number of sulfonamides is 1. The van der Waals surface area contributed by atoms with Gasteiger partial charge in [0.25, 0.3) is 10.0 Å². The fourth-order valence-corrected chi connectivity index (χ4v) is 3.86. The van der Waals surface area contributed by atoms with Crippen molar-refractivity contribution in [3.8, 4) is 5.75 Å². The van der Waals surface area contributed by atoms with E-state index in [1.54, 1.807) is 37.4 Å². The van der Waals surface area contributed by atoms with Crippen LogP contribution in [-0.4, -0.2) is 20.0 Å². The van der Waals surface area contributed by atoms with Crippen LogP contribution in [0.3, 0.4) is 0 Å². The highest BCUT2D eigenvalue weighted by Crippen LogP contribution is 2.30. The molecule has 1 heterocycles. The molecule has 0 saturated carbocycles. The maximum Gasteiger partial charge on any atom is 0.265 e. The highest BCUT2D eigenvalue weighted by molar-refractivity contribution is 9.10. The van der Waals surface area contributed by atoms with Gasteiger partial charge in [0.05, 0.1) is 12.3 Å². The zero-order valence-electron chi connectivity index (χ0n) is 11.0. The molecule has 0 aliphatic carbocycles. The van der Waals surface area contributed by atoms with Crippen LogP contribution in [0.2, 0.25) is 0 Å². The largest absolute Gasteiger partial charge is 0.492 e. The third-order valence-corrected chi connectivity index (χ3v) is 5.01. The van der Waals surface area contributed by atoms with E-state index in [1.165, 1.54) is 6.07 Å². The number of benzene rings is 1. The molecule has 0 bridgehead atoms. The average Bonchev–Trinajstić information content (AvgIpc) is 2.43. The lowest BCUT2D eigenvalue weighted by Crippen LogP contribution is -2.15. The van der Waals surface area contributed by atoms with Gasteiger partial charge in [0.15, 0.2) is 0 Å². The Morgan fingerprint density at radius 1 is 1.29 bits per heavy atom. The standard InChI is InChI=1S/C13H12Br2N2O3S/c1-2-20-11-6-5-9(14)8-12(11)21(18,19)17-10-4-3-7-16-13(10)15/h3-8,17H,2H2,1H3. The van der Waals surface area contributed by atoms with Crippen LogP contribution in [0.25, 0.3) is 0 Å².